The lowest BCUT2D eigenvalue weighted by Crippen LogP contribution is -2.39. The third-order valence-corrected chi connectivity index (χ3v) is 5.34. The van der Waals surface area contributed by atoms with Crippen LogP contribution >= 0.6 is 27.3 Å². The van der Waals surface area contributed by atoms with Gasteiger partial charge in [0.25, 0.3) is 0 Å². The standard InChI is InChI=1S/C13H21BrN2S/c1-15-11-3-5-12(6-4-11)16(2)8-10-7-13(14)17-9-10/h7,9,11-12,15H,3-6,8H2,1-2H3. The zero-order valence-electron chi connectivity index (χ0n) is 10.6. The van der Waals surface area contributed by atoms with Gasteiger partial charge in [0.15, 0.2) is 0 Å². The molecular formula is C13H21BrN2S. The first-order valence-corrected chi connectivity index (χ1v) is 7.96. The maximum absolute atomic E-state index is 3.53. The highest BCUT2D eigenvalue weighted by Gasteiger charge is 2.23. The van der Waals surface area contributed by atoms with E-state index in [9.17, 15) is 0 Å². The second-order valence-electron chi connectivity index (χ2n) is 4.97. The van der Waals surface area contributed by atoms with Crippen molar-refractivity contribution in [3.63, 3.8) is 0 Å². The molecule has 1 heterocycles. The second kappa shape index (κ2) is 6.32. The Labute approximate surface area is 117 Å². The number of nitrogens with zero attached hydrogens (tertiary/aromatic N) is 1. The van der Waals surface area contributed by atoms with Crippen LogP contribution in [0, 0.1) is 0 Å². The Bertz CT molecular complexity index is 345. The number of hydrogen-bond donors (Lipinski definition) is 1. The molecule has 0 aromatic carbocycles. The molecule has 4 heteroatoms. The molecule has 2 rings (SSSR count). The maximum atomic E-state index is 3.53. The molecule has 0 saturated heterocycles. The Kier molecular flexibility index (Phi) is 5.03. The lowest BCUT2D eigenvalue weighted by molar-refractivity contribution is 0.170. The molecule has 0 aliphatic heterocycles. The fourth-order valence-electron chi connectivity index (χ4n) is 2.65. The predicted octanol–water partition coefficient (Wildman–Crippen LogP) is 3.47. The molecule has 1 N–H and O–H groups in total. The van der Waals surface area contributed by atoms with Gasteiger partial charge in [-0.3, -0.25) is 4.90 Å². The van der Waals surface area contributed by atoms with Gasteiger partial charge in [0, 0.05) is 18.6 Å². The Morgan fingerprint density at radius 1 is 1.41 bits per heavy atom. The number of hydrogen-bond acceptors (Lipinski definition) is 3. The van der Waals surface area contributed by atoms with E-state index in [4.69, 9.17) is 0 Å². The summed E-state index contributed by atoms with van der Waals surface area (Å²) in [6.45, 7) is 1.08. The molecular weight excluding hydrogens is 296 g/mol. The number of nitrogens with one attached hydrogen (secondary N) is 1. The Morgan fingerprint density at radius 2 is 2.12 bits per heavy atom. The van der Waals surface area contributed by atoms with E-state index >= 15 is 0 Å². The van der Waals surface area contributed by atoms with Crippen molar-refractivity contribution in [1.82, 2.24) is 10.2 Å². The molecule has 0 amide bonds. The highest BCUT2D eigenvalue weighted by atomic mass is 79.9. The summed E-state index contributed by atoms with van der Waals surface area (Å²) in [6, 6.07) is 3.74. The molecule has 0 spiro atoms. The normalized spacial score (nSPS) is 25.4. The Hall–Kier alpha value is 0.100. The largest absolute Gasteiger partial charge is 0.317 e. The fourth-order valence-corrected chi connectivity index (χ4v) is 3.85. The predicted molar refractivity (Wildman–Crippen MR) is 78.6 cm³/mol. The van der Waals surface area contributed by atoms with Gasteiger partial charge in [0.2, 0.25) is 0 Å². The molecule has 1 aromatic rings. The zero-order valence-corrected chi connectivity index (χ0v) is 13.0. The lowest BCUT2D eigenvalue weighted by atomic mass is 9.90. The van der Waals surface area contributed by atoms with Crippen LogP contribution in [0.15, 0.2) is 15.2 Å². The van der Waals surface area contributed by atoms with Crippen molar-refractivity contribution in [2.75, 3.05) is 14.1 Å². The SMILES string of the molecule is CNC1CCC(N(C)Cc2csc(Br)c2)CC1. The van der Waals surface area contributed by atoms with E-state index in [-0.39, 0.29) is 0 Å². The molecule has 1 aliphatic carbocycles. The third-order valence-electron chi connectivity index (χ3n) is 3.78. The van der Waals surface area contributed by atoms with Crippen LogP contribution in [0.3, 0.4) is 0 Å². The molecule has 17 heavy (non-hydrogen) atoms. The molecule has 1 aliphatic rings. The summed E-state index contributed by atoms with van der Waals surface area (Å²) < 4.78 is 1.24. The summed E-state index contributed by atoms with van der Waals surface area (Å²) >= 11 is 5.30. The van der Waals surface area contributed by atoms with Gasteiger partial charge >= 0.3 is 0 Å². The molecule has 0 atom stereocenters. The molecule has 2 nitrogen and oxygen atoms in total. The molecule has 1 aromatic heterocycles. The van der Waals surface area contributed by atoms with Crippen LogP contribution in [0.1, 0.15) is 31.2 Å². The van der Waals surface area contributed by atoms with Gasteiger partial charge in [-0.2, -0.15) is 0 Å². The van der Waals surface area contributed by atoms with Crippen molar-refractivity contribution in [3.05, 3.63) is 20.8 Å². The van der Waals surface area contributed by atoms with Crippen LogP contribution in [0.2, 0.25) is 0 Å². The van der Waals surface area contributed by atoms with Crippen molar-refractivity contribution in [3.8, 4) is 0 Å². The highest BCUT2D eigenvalue weighted by Crippen LogP contribution is 2.26. The van der Waals surface area contributed by atoms with Crippen LogP contribution < -0.4 is 5.32 Å². The minimum absolute atomic E-state index is 0.745. The van der Waals surface area contributed by atoms with Crippen molar-refractivity contribution < 1.29 is 0 Å². The van der Waals surface area contributed by atoms with Gasteiger partial charge < -0.3 is 5.32 Å². The molecule has 0 unspecified atom stereocenters. The Morgan fingerprint density at radius 3 is 2.65 bits per heavy atom. The van der Waals surface area contributed by atoms with E-state index in [0.717, 1.165) is 18.6 Å². The smallest absolute Gasteiger partial charge is 0.0701 e. The molecule has 0 bridgehead atoms. The van der Waals surface area contributed by atoms with Gasteiger partial charge in [-0.1, -0.05) is 0 Å². The van der Waals surface area contributed by atoms with Crippen molar-refractivity contribution in [2.45, 2.75) is 44.3 Å². The monoisotopic (exact) mass is 316 g/mol. The minimum atomic E-state index is 0.745. The van der Waals surface area contributed by atoms with Crippen LogP contribution in [0.5, 0.6) is 0 Å². The average molecular weight is 317 g/mol. The number of thiophene rings is 1. The number of halogens is 1. The zero-order chi connectivity index (χ0) is 12.3. The van der Waals surface area contributed by atoms with Crippen LogP contribution in [-0.2, 0) is 6.54 Å². The third kappa shape index (κ3) is 3.78. The lowest BCUT2D eigenvalue weighted by Gasteiger charge is -2.34. The summed E-state index contributed by atoms with van der Waals surface area (Å²) in [7, 11) is 4.34. The Balaban J connectivity index is 1.82. The van der Waals surface area contributed by atoms with Gasteiger partial charge in [-0.05, 0) is 72.7 Å². The van der Waals surface area contributed by atoms with Gasteiger partial charge in [0.05, 0.1) is 3.79 Å². The van der Waals surface area contributed by atoms with E-state index in [0.29, 0.717) is 0 Å². The average Bonchev–Trinajstić information content (AvgIpc) is 2.75. The van der Waals surface area contributed by atoms with Crippen LogP contribution in [0.4, 0.5) is 0 Å². The quantitative estimate of drug-likeness (QED) is 0.915. The second-order valence-corrected chi connectivity index (χ2v) is 7.26. The van der Waals surface area contributed by atoms with Gasteiger partial charge in [0.1, 0.15) is 0 Å². The van der Waals surface area contributed by atoms with Gasteiger partial charge in [-0.15, -0.1) is 11.3 Å². The van der Waals surface area contributed by atoms with Crippen molar-refractivity contribution >= 4 is 27.3 Å². The topological polar surface area (TPSA) is 15.3 Å². The van der Waals surface area contributed by atoms with Crippen LogP contribution in [0.25, 0.3) is 0 Å². The van der Waals surface area contributed by atoms with Gasteiger partial charge in [-0.25, -0.2) is 0 Å². The molecule has 1 saturated carbocycles. The molecule has 0 radical (unpaired) electrons. The molecule has 96 valence electrons. The van der Waals surface area contributed by atoms with E-state index in [1.807, 2.05) is 0 Å². The first-order valence-electron chi connectivity index (χ1n) is 6.29. The van der Waals surface area contributed by atoms with E-state index in [1.165, 1.54) is 35.0 Å². The minimum Gasteiger partial charge on any atom is -0.317 e. The first-order chi connectivity index (χ1) is 8.19. The fraction of sp³-hybridized carbons (Fsp3) is 0.692. The van der Waals surface area contributed by atoms with E-state index < -0.39 is 0 Å². The summed E-state index contributed by atoms with van der Waals surface area (Å²) in [5.41, 5.74) is 1.43. The summed E-state index contributed by atoms with van der Waals surface area (Å²) in [5, 5.41) is 5.64. The number of rotatable bonds is 4. The van der Waals surface area contributed by atoms with Crippen molar-refractivity contribution in [1.29, 1.82) is 0 Å². The highest BCUT2D eigenvalue weighted by molar-refractivity contribution is 9.11. The van der Waals surface area contributed by atoms with E-state index in [1.54, 1.807) is 11.3 Å². The summed E-state index contributed by atoms with van der Waals surface area (Å²) in [6.07, 6.45) is 5.29. The maximum Gasteiger partial charge on any atom is 0.0701 e. The summed E-state index contributed by atoms with van der Waals surface area (Å²) in [4.78, 5) is 2.51. The van der Waals surface area contributed by atoms with Crippen molar-refractivity contribution in [2.24, 2.45) is 0 Å². The molecule has 1 fully saturated rings. The summed E-state index contributed by atoms with van der Waals surface area (Å²) in [5.74, 6) is 0. The first kappa shape index (κ1) is 13.5. The van der Waals surface area contributed by atoms with Crippen LogP contribution in [-0.4, -0.2) is 31.1 Å². The van der Waals surface area contributed by atoms with E-state index in [2.05, 4.69) is 51.7 Å².